The number of nitrogens with two attached hydrogens (primary N) is 1. The molecule has 158 valence electrons. The molecule has 0 spiro atoms. The summed E-state index contributed by atoms with van der Waals surface area (Å²) in [6.07, 6.45) is 4.06. The lowest BCUT2D eigenvalue weighted by molar-refractivity contribution is 0.164. The summed E-state index contributed by atoms with van der Waals surface area (Å²) < 4.78 is 0. The van der Waals surface area contributed by atoms with Gasteiger partial charge in [0.1, 0.15) is 0 Å². The van der Waals surface area contributed by atoms with Crippen molar-refractivity contribution in [2.24, 2.45) is 4.99 Å². The third-order valence-corrected chi connectivity index (χ3v) is 6.20. The molecule has 0 amide bonds. The number of hydrogen-bond acceptors (Lipinski definition) is 3. The lowest BCUT2D eigenvalue weighted by Gasteiger charge is -2.45. The van der Waals surface area contributed by atoms with Crippen LogP contribution in [0.3, 0.4) is 0 Å². The SMILES string of the molecule is Cc1cc2cc(-c3ccc(C=NC4CC(C)(C)NC(C)(C)C4)cc3N)[nH]c2cc1C. The zero-order valence-electron chi connectivity index (χ0n) is 19.1. The van der Waals surface area contributed by atoms with E-state index in [2.05, 4.69) is 82.2 Å². The van der Waals surface area contributed by atoms with Gasteiger partial charge in [0, 0.05) is 45.1 Å². The van der Waals surface area contributed by atoms with Crippen molar-refractivity contribution in [1.82, 2.24) is 10.3 Å². The van der Waals surface area contributed by atoms with Gasteiger partial charge in [-0.15, -0.1) is 0 Å². The van der Waals surface area contributed by atoms with Crippen LogP contribution in [0.25, 0.3) is 22.2 Å². The van der Waals surface area contributed by atoms with Gasteiger partial charge in [-0.2, -0.15) is 0 Å². The van der Waals surface area contributed by atoms with E-state index in [4.69, 9.17) is 10.7 Å². The molecule has 0 aliphatic carbocycles. The zero-order chi connectivity index (χ0) is 21.7. The monoisotopic (exact) mass is 402 g/mol. The summed E-state index contributed by atoms with van der Waals surface area (Å²) in [5.41, 5.74) is 14.3. The summed E-state index contributed by atoms with van der Waals surface area (Å²) in [4.78, 5) is 8.44. The molecule has 4 nitrogen and oxygen atoms in total. The Labute approximate surface area is 180 Å². The van der Waals surface area contributed by atoms with Gasteiger partial charge in [-0.05, 0) is 95.3 Å². The third kappa shape index (κ3) is 4.29. The summed E-state index contributed by atoms with van der Waals surface area (Å²) in [6.45, 7) is 13.3. The molecule has 30 heavy (non-hydrogen) atoms. The van der Waals surface area contributed by atoms with Gasteiger partial charge in [-0.3, -0.25) is 4.99 Å². The number of aromatic amines is 1. The van der Waals surface area contributed by atoms with Crippen LogP contribution in [0.1, 0.15) is 57.2 Å². The average molecular weight is 403 g/mol. The molecule has 4 N–H and O–H groups in total. The predicted octanol–water partition coefficient (Wildman–Crippen LogP) is 5.76. The first kappa shape index (κ1) is 20.7. The Kier molecular flexibility index (Phi) is 5.01. The first-order valence-electron chi connectivity index (χ1n) is 10.8. The Morgan fingerprint density at radius 1 is 0.967 bits per heavy atom. The van der Waals surface area contributed by atoms with Crippen molar-refractivity contribution >= 4 is 22.8 Å². The van der Waals surface area contributed by atoms with E-state index < -0.39 is 0 Å². The molecule has 0 atom stereocenters. The van der Waals surface area contributed by atoms with E-state index in [1.165, 1.54) is 16.5 Å². The topological polar surface area (TPSA) is 66.2 Å². The lowest BCUT2D eigenvalue weighted by Crippen LogP contribution is -2.58. The van der Waals surface area contributed by atoms with Gasteiger partial charge < -0.3 is 16.0 Å². The number of piperidine rings is 1. The van der Waals surface area contributed by atoms with Gasteiger partial charge in [-0.1, -0.05) is 12.1 Å². The Bertz CT molecular complexity index is 1060. The lowest BCUT2D eigenvalue weighted by atomic mass is 9.80. The maximum Gasteiger partial charge on any atom is 0.0534 e. The summed E-state index contributed by atoms with van der Waals surface area (Å²) in [5.74, 6) is 0. The third-order valence-electron chi connectivity index (χ3n) is 6.20. The normalized spacial score (nSPS) is 19.0. The van der Waals surface area contributed by atoms with E-state index in [0.717, 1.165) is 40.9 Å². The van der Waals surface area contributed by atoms with E-state index in [1.54, 1.807) is 0 Å². The first-order valence-corrected chi connectivity index (χ1v) is 10.8. The number of H-pyrrole nitrogens is 1. The second-order valence-electron chi connectivity index (χ2n) is 10.3. The second kappa shape index (κ2) is 7.28. The van der Waals surface area contributed by atoms with Crippen LogP contribution in [0, 0.1) is 13.8 Å². The van der Waals surface area contributed by atoms with Gasteiger partial charge in [0.05, 0.1) is 6.04 Å². The fourth-order valence-electron chi connectivity index (χ4n) is 5.02. The molecule has 1 fully saturated rings. The summed E-state index contributed by atoms with van der Waals surface area (Å²) in [6, 6.07) is 13.2. The number of nitrogens with one attached hydrogen (secondary N) is 2. The highest BCUT2D eigenvalue weighted by Crippen LogP contribution is 2.32. The number of benzene rings is 2. The molecule has 4 rings (SSSR count). The highest BCUT2D eigenvalue weighted by atomic mass is 15.1. The molecule has 0 radical (unpaired) electrons. The summed E-state index contributed by atoms with van der Waals surface area (Å²) >= 11 is 0. The minimum atomic E-state index is 0.0962. The molecule has 1 aliphatic heterocycles. The minimum Gasteiger partial charge on any atom is -0.398 e. The largest absolute Gasteiger partial charge is 0.398 e. The number of hydrogen-bond donors (Lipinski definition) is 3. The number of nitrogens with zero attached hydrogens (tertiary/aromatic N) is 1. The molecule has 2 heterocycles. The molecule has 0 bridgehead atoms. The van der Waals surface area contributed by atoms with Crippen LogP contribution in [0.5, 0.6) is 0 Å². The van der Waals surface area contributed by atoms with Crippen molar-refractivity contribution in [3.8, 4) is 11.3 Å². The van der Waals surface area contributed by atoms with Crippen molar-refractivity contribution in [2.75, 3.05) is 5.73 Å². The second-order valence-corrected chi connectivity index (χ2v) is 10.3. The van der Waals surface area contributed by atoms with E-state index in [-0.39, 0.29) is 11.1 Å². The number of aryl methyl sites for hydroxylation is 2. The van der Waals surface area contributed by atoms with Crippen LogP contribution < -0.4 is 11.1 Å². The summed E-state index contributed by atoms with van der Waals surface area (Å²) in [5, 5.41) is 4.93. The Morgan fingerprint density at radius 3 is 2.30 bits per heavy atom. The minimum absolute atomic E-state index is 0.0962. The van der Waals surface area contributed by atoms with Crippen molar-refractivity contribution in [3.63, 3.8) is 0 Å². The van der Waals surface area contributed by atoms with Crippen LogP contribution in [-0.4, -0.2) is 28.3 Å². The summed E-state index contributed by atoms with van der Waals surface area (Å²) in [7, 11) is 0. The fraction of sp³-hybridized carbons (Fsp3) is 0.423. The molecule has 1 aliphatic rings. The van der Waals surface area contributed by atoms with Crippen molar-refractivity contribution in [3.05, 3.63) is 53.1 Å². The zero-order valence-corrected chi connectivity index (χ0v) is 19.1. The number of anilines is 1. The maximum atomic E-state index is 6.44. The van der Waals surface area contributed by atoms with Crippen LogP contribution in [-0.2, 0) is 0 Å². The van der Waals surface area contributed by atoms with E-state index >= 15 is 0 Å². The van der Waals surface area contributed by atoms with E-state index in [9.17, 15) is 0 Å². The van der Waals surface area contributed by atoms with Gasteiger partial charge in [0.2, 0.25) is 0 Å². The molecule has 0 saturated carbocycles. The average Bonchev–Trinajstić information content (AvgIpc) is 3.00. The van der Waals surface area contributed by atoms with Gasteiger partial charge >= 0.3 is 0 Å². The highest BCUT2D eigenvalue weighted by molar-refractivity contribution is 5.91. The quantitative estimate of drug-likeness (QED) is 0.385. The van der Waals surface area contributed by atoms with Crippen molar-refractivity contribution < 1.29 is 0 Å². The standard InChI is InChI=1S/C26H34N4/c1-16-9-19-12-24(29-23(19)10-17(16)2)21-8-7-18(11-22(21)27)15-28-20-13-25(3,4)30-26(5,6)14-20/h7-12,15,20,29-30H,13-14,27H2,1-6H3. The van der Waals surface area contributed by atoms with E-state index in [0.29, 0.717) is 6.04 Å². The molecule has 2 aromatic carbocycles. The number of aromatic nitrogens is 1. The Hall–Kier alpha value is -2.59. The number of nitrogen functional groups attached to an aromatic ring is 1. The molecule has 3 aromatic rings. The van der Waals surface area contributed by atoms with Crippen LogP contribution in [0.15, 0.2) is 41.4 Å². The van der Waals surface area contributed by atoms with Gasteiger partial charge in [0.15, 0.2) is 0 Å². The molecular weight excluding hydrogens is 368 g/mol. The molecule has 1 aromatic heterocycles. The Balaban J connectivity index is 1.57. The highest BCUT2D eigenvalue weighted by Gasteiger charge is 2.37. The maximum absolute atomic E-state index is 6.44. The fourth-order valence-corrected chi connectivity index (χ4v) is 5.02. The van der Waals surface area contributed by atoms with Crippen molar-refractivity contribution in [1.29, 1.82) is 0 Å². The number of rotatable bonds is 3. The van der Waals surface area contributed by atoms with Crippen LogP contribution >= 0.6 is 0 Å². The molecule has 1 saturated heterocycles. The predicted molar refractivity (Wildman–Crippen MR) is 130 cm³/mol. The Morgan fingerprint density at radius 2 is 1.63 bits per heavy atom. The number of aliphatic imine (C=N–C) groups is 1. The smallest absolute Gasteiger partial charge is 0.0534 e. The first-order chi connectivity index (χ1) is 14.0. The molecule has 0 unspecified atom stereocenters. The van der Waals surface area contributed by atoms with Gasteiger partial charge in [0.25, 0.3) is 0 Å². The van der Waals surface area contributed by atoms with Crippen molar-refractivity contribution in [2.45, 2.75) is 71.5 Å². The van der Waals surface area contributed by atoms with Crippen LogP contribution in [0.4, 0.5) is 5.69 Å². The number of fused-ring (bicyclic) bond motifs is 1. The van der Waals surface area contributed by atoms with E-state index in [1.807, 2.05) is 12.3 Å². The molecular formula is C26H34N4. The molecule has 4 heteroatoms. The van der Waals surface area contributed by atoms with Crippen LogP contribution in [0.2, 0.25) is 0 Å². The van der Waals surface area contributed by atoms with Gasteiger partial charge in [-0.25, -0.2) is 0 Å².